The van der Waals surface area contributed by atoms with E-state index in [0.29, 0.717) is 51.4 Å². The average Bonchev–Trinajstić information content (AvgIpc) is 3.17. The van der Waals surface area contributed by atoms with Crippen LogP contribution in [0.25, 0.3) is 22.3 Å². The third-order valence-corrected chi connectivity index (χ3v) is 7.01. The molecule has 4 heterocycles. The minimum Gasteiger partial charge on any atom is -0.380 e. The quantitative estimate of drug-likeness (QED) is 0.328. The Morgan fingerprint density at radius 2 is 1.94 bits per heavy atom. The number of pyridine rings is 2. The number of aliphatic hydroxyl groups excluding tert-OH is 1. The highest BCUT2D eigenvalue weighted by Gasteiger charge is 2.27. The number of halogens is 3. The summed E-state index contributed by atoms with van der Waals surface area (Å²) in [5.74, 6) is 0.551. The van der Waals surface area contributed by atoms with E-state index in [2.05, 4.69) is 26.9 Å². The van der Waals surface area contributed by atoms with E-state index in [-0.39, 0.29) is 11.0 Å². The van der Waals surface area contributed by atoms with Crippen LogP contribution in [0.4, 0.5) is 4.39 Å². The molecule has 0 saturated heterocycles. The van der Waals surface area contributed by atoms with Gasteiger partial charge >= 0.3 is 0 Å². The van der Waals surface area contributed by atoms with Crippen LogP contribution in [0.2, 0.25) is 10.3 Å². The third-order valence-electron chi connectivity index (χ3n) is 6.63. The Morgan fingerprint density at radius 3 is 2.68 bits per heavy atom. The second-order valence-corrected chi connectivity index (χ2v) is 9.82. The molecule has 0 radical (unpaired) electrons. The van der Waals surface area contributed by atoms with Crippen LogP contribution in [-0.4, -0.2) is 29.6 Å². The van der Waals surface area contributed by atoms with E-state index in [0.717, 1.165) is 25.7 Å². The standard InChI is InChI=1S/C25H24Cl2FN5O/c1-14-4-6-15(7-5-14)13-33-20(24(34)22-18(28)3-2-8-30-22)10-19-23(33)21(32-25(27)31-19)16-9-17(26)12-29-11-16/h2-3,8-12,14-15,24,34H,4-7,13H2,1H3/t14-,15-,24?. The van der Waals surface area contributed by atoms with E-state index in [4.69, 9.17) is 23.2 Å². The molecule has 1 unspecified atom stereocenters. The van der Waals surface area contributed by atoms with E-state index < -0.39 is 11.9 Å². The fraction of sp³-hybridized carbons (Fsp3) is 0.360. The summed E-state index contributed by atoms with van der Waals surface area (Å²) >= 11 is 12.5. The summed E-state index contributed by atoms with van der Waals surface area (Å²) in [5.41, 5.74) is 2.98. The molecule has 0 aliphatic heterocycles. The molecule has 0 bridgehead atoms. The van der Waals surface area contributed by atoms with Crippen molar-refractivity contribution in [2.75, 3.05) is 0 Å². The molecule has 9 heteroatoms. The topological polar surface area (TPSA) is 76.7 Å². The molecule has 4 aromatic rings. The lowest BCUT2D eigenvalue weighted by atomic mass is 9.83. The molecule has 1 atom stereocenters. The molecular weight excluding hydrogens is 476 g/mol. The summed E-state index contributed by atoms with van der Waals surface area (Å²) in [4.78, 5) is 17.2. The van der Waals surface area contributed by atoms with Crippen molar-refractivity contribution in [3.05, 3.63) is 70.4 Å². The van der Waals surface area contributed by atoms with Gasteiger partial charge < -0.3 is 9.67 Å². The average molecular weight is 500 g/mol. The maximum atomic E-state index is 14.6. The smallest absolute Gasteiger partial charge is 0.223 e. The Hall–Kier alpha value is -2.61. The Kier molecular flexibility index (Phi) is 6.51. The summed E-state index contributed by atoms with van der Waals surface area (Å²) in [6.45, 7) is 2.92. The SMILES string of the molecule is C[C@H]1CC[C@H](Cn2c(C(O)c3ncccc3F)cc3nc(Cl)nc(-c4cncc(Cl)c4)c32)CC1. The molecule has 34 heavy (non-hydrogen) atoms. The highest BCUT2D eigenvalue weighted by molar-refractivity contribution is 6.31. The largest absolute Gasteiger partial charge is 0.380 e. The Balaban J connectivity index is 1.71. The van der Waals surface area contributed by atoms with E-state index >= 15 is 0 Å². The van der Waals surface area contributed by atoms with Gasteiger partial charge in [-0.15, -0.1) is 0 Å². The summed E-state index contributed by atoms with van der Waals surface area (Å²) in [5, 5.41) is 11.8. The van der Waals surface area contributed by atoms with Gasteiger partial charge in [0.1, 0.15) is 23.3 Å². The van der Waals surface area contributed by atoms with Gasteiger partial charge in [0.05, 0.1) is 21.7 Å². The molecular formula is C25H24Cl2FN5O. The Bertz CT molecular complexity index is 1340. The molecule has 4 aromatic heterocycles. The number of fused-ring (bicyclic) bond motifs is 1. The lowest BCUT2D eigenvalue weighted by molar-refractivity contribution is 0.194. The van der Waals surface area contributed by atoms with E-state index in [1.807, 2.05) is 4.57 Å². The van der Waals surface area contributed by atoms with Crippen LogP contribution in [0.15, 0.2) is 42.9 Å². The summed E-state index contributed by atoms with van der Waals surface area (Å²) in [6.07, 6.45) is 7.88. The lowest BCUT2D eigenvalue weighted by Gasteiger charge is -2.28. The molecule has 1 aliphatic rings. The van der Waals surface area contributed by atoms with Crippen LogP contribution in [-0.2, 0) is 6.54 Å². The van der Waals surface area contributed by atoms with E-state index in [1.165, 1.54) is 18.3 Å². The van der Waals surface area contributed by atoms with Crippen molar-refractivity contribution < 1.29 is 9.50 Å². The first-order chi connectivity index (χ1) is 16.4. The second kappa shape index (κ2) is 9.56. The van der Waals surface area contributed by atoms with E-state index in [9.17, 15) is 9.50 Å². The zero-order valence-electron chi connectivity index (χ0n) is 18.6. The molecule has 1 aliphatic carbocycles. The van der Waals surface area contributed by atoms with Crippen molar-refractivity contribution in [3.63, 3.8) is 0 Å². The maximum absolute atomic E-state index is 14.6. The van der Waals surface area contributed by atoms with Gasteiger partial charge in [-0.3, -0.25) is 9.97 Å². The zero-order valence-corrected chi connectivity index (χ0v) is 20.1. The number of aromatic nitrogens is 5. The van der Waals surface area contributed by atoms with Gasteiger partial charge in [-0.05, 0) is 60.5 Å². The molecule has 1 saturated carbocycles. The van der Waals surface area contributed by atoms with Gasteiger partial charge in [0, 0.05) is 30.7 Å². The van der Waals surface area contributed by atoms with Crippen LogP contribution in [0, 0.1) is 17.7 Å². The highest BCUT2D eigenvalue weighted by Crippen LogP contribution is 2.37. The van der Waals surface area contributed by atoms with Crippen molar-refractivity contribution >= 4 is 34.2 Å². The first kappa shape index (κ1) is 23.1. The number of nitrogens with zero attached hydrogens (tertiary/aromatic N) is 5. The van der Waals surface area contributed by atoms with Gasteiger partial charge in [0.15, 0.2) is 0 Å². The number of hydrogen-bond acceptors (Lipinski definition) is 5. The normalized spacial score (nSPS) is 19.4. The van der Waals surface area contributed by atoms with Crippen LogP contribution in [0.1, 0.15) is 50.1 Å². The zero-order chi connectivity index (χ0) is 23.8. The van der Waals surface area contributed by atoms with Gasteiger partial charge in [0.2, 0.25) is 5.28 Å². The molecule has 0 amide bonds. The Labute approximate surface area is 206 Å². The van der Waals surface area contributed by atoms with Gasteiger partial charge in [-0.25, -0.2) is 14.4 Å². The second-order valence-electron chi connectivity index (χ2n) is 9.05. The summed E-state index contributed by atoms with van der Waals surface area (Å²) in [6, 6.07) is 6.30. The number of aliphatic hydroxyl groups is 1. The first-order valence-corrected chi connectivity index (χ1v) is 12.1. The van der Waals surface area contributed by atoms with Crippen molar-refractivity contribution in [3.8, 4) is 11.3 Å². The minimum absolute atomic E-state index is 0.0335. The number of hydrogen-bond donors (Lipinski definition) is 1. The molecule has 1 fully saturated rings. The maximum Gasteiger partial charge on any atom is 0.223 e. The molecule has 0 spiro atoms. The minimum atomic E-state index is -1.28. The highest BCUT2D eigenvalue weighted by atomic mass is 35.5. The van der Waals surface area contributed by atoms with Gasteiger partial charge in [-0.1, -0.05) is 31.4 Å². The third kappa shape index (κ3) is 4.52. The van der Waals surface area contributed by atoms with Crippen LogP contribution < -0.4 is 0 Å². The van der Waals surface area contributed by atoms with E-state index in [1.54, 1.807) is 24.5 Å². The van der Waals surface area contributed by atoms with Crippen molar-refractivity contribution in [1.29, 1.82) is 0 Å². The van der Waals surface area contributed by atoms with Gasteiger partial charge in [0.25, 0.3) is 0 Å². The summed E-state index contributed by atoms with van der Waals surface area (Å²) in [7, 11) is 0. The van der Waals surface area contributed by atoms with Gasteiger partial charge in [-0.2, -0.15) is 0 Å². The molecule has 6 nitrogen and oxygen atoms in total. The fourth-order valence-corrected chi connectivity index (χ4v) is 5.18. The summed E-state index contributed by atoms with van der Waals surface area (Å²) < 4.78 is 16.6. The molecule has 1 N–H and O–H groups in total. The van der Waals surface area contributed by atoms with Crippen LogP contribution in [0.5, 0.6) is 0 Å². The predicted molar refractivity (Wildman–Crippen MR) is 130 cm³/mol. The van der Waals surface area contributed by atoms with Crippen LogP contribution >= 0.6 is 23.2 Å². The predicted octanol–water partition coefficient (Wildman–Crippen LogP) is 6.24. The fourth-order valence-electron chi connectivity index (χ4n) is 4.83. The van der Waals surface area contributed by atoms with Crippen molar-refractivity contribution in [2.45, 2.75) is 45.3 Å². The molecule has 176 valence electrons. The lowest BCUT2D eigenvalue weighted by Crippen LogP contribution is -2.20. The molecule has 0 aromatic carbocycles. The van der Waals surface area contributed by atoms with Crippen molar-refractivity contribution in [1.82, 2.24) is 24.5 Å². The van der Waals surface area contributed by atoms with Crippen LogP contribution in [0.3, 0.4) is 0 Å². The number of rotatable bonds is 5. The monoisotopic (exact) mass is 499 g/mol. The molecule has 5 rings (SSSR count). The first-order valence-electron chi connectivity index (χ1n) is 11.4. The van der Waals surface area contributed by atoms with Crippen molar-refractivity contribution in [2.24, 2.45) is 11.8 Å². The Morgan fingerprint density at radius 1 is 1.15 bits per heavy atom.